The third kappa shape index (κ3) is 6.10. The van der Waals surface area contributed by atoms with Gasteiger partial charge in [-0.3, -0.25) is 0 Å². The summed E-state index contributed by atoms with van der Waals surface area (Å²) in [4.78, 5) is 11.7. The molecule has 0 aliphatic carbocycles. The van der Waals surface area contributed by atoms with E-state index in [0.29, 0.717) is 28.6 Å². The zero-order chi connectivity index (χ0) is 16.7. The molecule has 2 aromatic rings. The molecule has 4 nitrogen and oxygen atoms in total. The highest BCUT2D eigenvalue weighted by atomic mass is 35.5. The van der Waals surface area contributed by atoms with Crippen LogP contribution in [0.4, 0.5) is 4.79 Å². The van der Waals surface area contributed by atoms with Crippen LogP contribution in [0.3, 0.4) is 0 Å². The monoisotopic (exact) mass is 352 g/mol. The number of hydrogen-bond donors (Lipinski definition) is 3. The van der Waals surface area contributed by atoms with E-state index in [2.05, 4.69) is 10.6 Å². The van der Waals surface area contributed by atoms with Gasteiger partial charge in [-0.2, -0.15) is 0 Å². The number of amides is 2. The smallest absolute Gasteiger partial charge is 0.314 e. The van der Waals surface area contributed by atoms with Crippen molar-refractivity contribution in [1.82, 2.24) is 10.6 Å². The van der Waals surface area contributed by atoms with E-state index in [1.54, 1.807) is 24.3 Å². The summed E-state index contributed by atoms with van der Waals surface area (Å²) in [6.07, 6.45) is -0.0566. The lowest BCUT2D eigenvalue weighted by atomic mass is 10.1. The van der Waals surface area contributed by atoms with Gasteiger partial charge in [-0.25, -0.2) is 4.79 Å². The summed E-state index contributed by atoms with van der Waals surface area (Å²) in [5.74, 6) is 0. The summed E-state index contributed by atoms with van der Waals surface area (Å²) in [6.45, 7) is 0.638. The van der Waals surface area contributed by atoms with E-state index in [4.69, 9.17) is 23.2 Å². The molecule has 3 N–H and O–H groups in total. The van der Waals surface area contributed by atoms with E-state index in [9.17, 15) is 9.90 Å². The SMILES string of the molecule is O=C(NCCc1ccc(Cl)cc1)NC[C@H](O)c1ccc(Cl)cc1. The minimum Gasteiger partial charge on any atom is -0.387 e. The minimum absolute atomic E-state index is 0.133. The molecule has 0 heterocycles. The lowest BCUT2D eigenvalue weighted by Crippen LogP contribution is -2.38. The number of halogens is 2. The third-order valence-corrected chi connectivity index (χ3v) is 3.83. The molecule has 0 radical (unpaired) electrons. The highest BCUT2D eigenvalue weighted by Crippen LogP contribution is 2.15. The molecule has 122 valence electrons. The summed E-state index contributed by atoms with van der Waals surface area (Å²) in [5.41, 5.74) is 1.80. The standard InChI is InChI=1S/C17H18Cl2N2O2/c18-14-5-1-12(2-6-14)9-10-20-17(23)21-11-16(22)13-3-7-15(19)8-4-13/h1-8,16,22H,9-11H2,(H2,20,21,23)/t16-/m0/s1. The summed E-state index contributed by atoms with van der Waals surface area (Å²) in [6, 6.07) is 14.0. The lowest BCUT2D eigenvalue weighted by Gasteiger charge is -2.13. The first kappa shape index (κ1) is 17.6. The van der Waals surface area contributed by atoms with Crippen LogP contribution >= 0.6 is 23.2 Å². The van der Waals surface area contributed by atoms with Crippen molar-refractivity contribution in [2.24, 2.45) is 0 Å². The van der Waals surface area contributed by atoms with Crippen LogP contribution in [0.25, 0.3) is 0 Å². The van der Waals surface area contributed by atoms with Gasteiger partial charge < -0.3 is 15.7 Å². The molecule has 2 amide bonds. The normalized spacial score (nSPS) is 11.8. The van der Waals surface area contributed by atoms with Gasteiger partial charge in [-0.05, 0) is 41.8 Å². The van der Waals surface area contributed by atoms with Crippen molar-refractivity contribution < 1.29 is 9.90 Å². The molecule has 0 aliphatic rings. The lowest BCUT2D eigenvalue weighted by molar-refractivity contribution is 0.173. The number of hydrogen-bond acceptors (Lipinski definition) is 2. The number of carbonyl (C=O) groups is 1. The Morgan fingerprint density at radius 2 is 1.52 bits per heavy atom. The molecule has 0 bridgehead atoms. The predicted octanol–water partition coefficient (Wildman–Crippen LogP) is 3.57. The topological polar surface area (TPSA) is 61.4 Å². The zero-order valence-electron chi connectivity index (χ0n) is 12.4. The maximum absolute atomic E-state index is 11.7. The van der Waals surface area contributed by atoms with Crippen molar-refractivity contribution in [3.8, 4) is 0 Å². The molecular weight excluding hydrogens is 335 g/mol. The van der Waals surface area contributed by atoms with E-state index in [0.717, 1.165) is 5.56 Å². The number of benzene rings is 2. The molecule has 6 heteroatoms. The number of rotatable bonds is 6. The van der Waals surface area contributed by atoms with Crippen LogP contribution in [-0.2, 0) is 6.42 Å². The molecule has 2 rings (SSSR count). The average Bonchev–Trinajstić information content (AvgIpc) is 2.55. The van der Waals surface area contributed by atoms with E-state index in [-0.39, 0.29) is 12.6 Å². The van der Waals surface area contributed by atoms with E-state index in [1.807, 2.05) is 24.3 Å². The van der Waals surface area contributed by atoms with Gasteiger partial charge in [0.15, 0.2) is 0 Å². The summed E-state index contributed by atoms with van der Waals surface area (Å²) in [5, 5.41) is 16.7. The van der Waals surface area contributed by atoms with Crippen molar-refractivity contribution in [3.63, 3.8) is 0 Å². The van der Waals surface area contributed by atoms with Gasteiger partial charge in [0.05, 0.1) is 6.10 Å². The maximum Gasteiger partial charge on any atom is 0.314 e. The number of nitrogens with one attached hydrogen (secondary N) is 2. The largest absolute Gasteiger partial charge is 0.387 e. The van der Waals surface area contributed by atoms with Crippen LogP contribution in [0.15, 0.2) is 48.5 Å². The molecule has 0 aliphatic heterocycles. The molecular formula is C17H18Cl2N2O2. The van der Waals surface area contributed by atoms with Crippen molar-refractivity contribution in [2.45, 2.75) is 12.5 Å². The summed E-state index contributed by atoms with van der Waals surface area (Å²) < 4.78 is 0. The summed E-state index contributed by atoms with van der Waals surface area (Å²) >= 11 is 11.6. The summed E-state index contributed by atoms with van der Waals surface area (Å²) in [7, 11) is 0. The van der Waals surface area contributed by atoms with E-state index >= 15 is 0 Å². The first-order valence-corrected chi connectivity index (χ1v) is 8.00. The van der Waals surface area contributed by atoms with Crippen LogP contribution in [0.2, 0.25) is 10.0 Å². The van der Waals surface area contributed by atoms with Gasteiger partial charge >= 0.3 is 6.03 Å². The Hall–Kier alpha value is -1.75. The minimum atomic E-state index is -0.769. The fourth-order valence-electron chi connectivity index (χ4n) is 2.03. The van der Waals surface area contributed by atoms with Crippen molar-refractivity contribution in [2.75, 3.05) is 13.1 Å². The molecule has 0 fully saturated rings. The van der Waals surface area contributed by atoms with Crippen LogP contribution < -0.4 is 10.6 Å². The van der Waals surface area contributed by atoms with Crippen LogP contribution in [0, 0.1) is 0 Å². The first-order chi connectivity index (χ1) is 11.0. The Morgan fingerprint density at radius 3 is 2.13 bits per heavy atom. The number of aliphatic hydroxyl groups is 1. The highest BCUT2D eigenvalue weighted by molar-refractivity contribution is 6.30. The highest BCUT2D eigenvalue weighted by Gasteiger charge is 2.09. The number of carbonyl (C=O) groups excluding carboxylic acids is 1. The van der Waals surface area contributed by atoms with Gasteiger partial charge in [0.25, 0.3) is 0 Å². The Bertz CT molecular complexity index is 630. The fraction of sp³-hybridized carbons (Fsp3) is 0.235. The maximum atomic E-state index is 11.7. The van der Waals surface area contributed by atoms with Gasteiger partial charge in [0.1, 0.15) is 0 Å². The Labute approximate surface area is 145 Å². The van der Waals surface area contributed by atoms with E-state index < -0.39 is 6.10 Å². The van der Waals surface area contributed by atoms with Gasteiger partial charge in [0.2, 0.25) is 0 Å². The average molecular weight is 353 g/mol. The van der Waals surface area contributed by atoms with Gasteiger partial charge in [0, 0.05) is 23.1 Å². The molecule has 23 heavy (non-hydrogen) atoms. The molecule has 0 saturated carbocycles. The van der Waals surface area contributed by atoms with Crippen molar-refractivity contribution >= 4 is 29.2 Å². The first-order valence-electron chi connectivity index (χ1n) is 7.24. The van der Waals surface area contributed by atoms with Gasteiger partial charge in [-0.15, -0.1) is 0 Å². The number of aliphatic hydroxyl groups excluding tert-OH is 1. The fourth-order valence-corrected chi connectivity index (χ4v) is 2.28. The van der Waals surface area contributed by atoms with E-state index in [1.165, 1.54) is 0 Å². The molecule has 2 aromatic carbocycles. The van der Waals surface area contributed by atoms with Crippen molar-refractivity contribution in [1.29, 1.82) is 0 Å². The third-order valence-electron chi connectivity index (χ3n) is 3.32. The Morgan fingerprint density at radius 1 is 0.957 bits per heavy atom. The predicted molar refractivity (Wildman–Crippen MR) is 93.0 cm³/mol. The number of urea groups is 1. The zero-order valence-corrected chi connectivity index (χ0v) is 13.9. The Balaban J connectivity index is 1.68. The van der Waals surface area contributed by atoms with Crippen LogP contribution in [0.5, 0.6) is 0 Å². The van der Waals surface area contributed by atoms with Gasteiger partial charge in [-0.1, -0.05) is 47.5 Å². The molecule has 0 aromatic heterocycles. The molecule has 1 atom stereocenters. The second-order valence-corrected chi connectivity index (χ2v) is 5.95. The molecule has 0 unspecified atom stereocenters. The quantitative estimate of drug-likeness (QED) is 0.744. The second-order valence-electron chi connectivity index (χ2n) is 5.08. The molecule has 0 spiro atoms. The van der Waals surface area contributed by atoms with Crippen LogP contribution in [-0.4, -0.2) is 24.2 Å². The second kappa shape index (κ2) is 8.77. The van der Waals surface area contributed by atoms with Crippen molar-refractivity contribution in [3.05, 3.63) is 69.7 Å². The molecule has 0 saturated heterocycles. The Kier molecular flexibility index (Phi) is 6.71. The van der Waals surface area contributed by atoms with Crippen LogP contribution in [0.1, 0.15) is 17.2 Å².